The number of nitrogens with one attached hydrogen (secondary N) is 1. The third-order valence-corrected chi connectivity index (χ3v) is 1.80. The Hall–Kier alpha value is -0.540. The molecule has 0 amide bonds. The van der Waals surface area contributed by atoms with E-state index in [-0.39, 0.29) is 0 Å². The molecule has 3 nitrogen and oxygen atoms in total. The lowest BCUT2D eigenvalue weighted by Gasteiger charge is -2.12. The van der Waals surface area contributed by atoms with Crippen LogP contribution in [-0.4, -0.2) is 12.6 Å². The van der Waals surface area contributed by atoms with Gasteiger partial charge in [-0.25, -0.2) is 0 Å². The van der Waals surface area contributed by atoms with Crippen molar-refractivity contribution in [3.8, 4) is 0 Å². The Morgan fingerprint density at radius 2 is 2.70 bits per heavy atom. The molecule has 0 fully saturated rings. The van der Waals surface area contributed by atoms with Crippen LogP contribution >= 0.6 is 0 Å². The van der Waals surface area contributed by atoms with Gasteiger partial charge in [0.25, 0.3) is 0 Å². The molecule has 3 N–H and O–H groups in total. The molecule has 1 atom stereocenters. The largest absolute Gasteiger partial charge is 0.501 e. The Labute approximate surface area is 61.2 Å². The number of ether oxygens (including phenoxy) is 1. The molecule has 0 bridgehead atoms. The number of rotatable bonds is 3. The van der Waals surface area contributed by atoms with Crippen molar-refractivity contribution < 1.29 is 4.74 Å². The first-order valence-corrected chi connectivity index (χ1v) is 3.65. The number of hydrogen-bond donors (Lipinski definition) is 2. The zero-order chi connectivity index (χ0) is 7.40. The quantitative estimate of drug-likeness (QED) is 0.446. The van der Waals surface area contributed by atoms with E-state index in [0.29, 0.717) is 6.04 Å². The van der Waals surface area contributed by atoms with Gasteiger partial charge in [-0.15, -0.1) is 0 Å². The summed E-state index contributed by atoms with van der Waals surface area (Å²) >= 11 is 0. The van der Waals surface area contributed by atoms with Crippen molar-refractivity contribution in [3.63, 3.8) is 0 Å². The van der Waals surface area contributed by atoms with E-state index < -0.39 is 0 Å². The van der Waals surface area contributed by atoms with Gasteiger partial charge in [-0.3, -0.25) is 11.3 Å². The summed E-state index contributed by atoms with van der Waals surface area (Å²) in [5, 5.41) is 0. The second-order valence-electron chi connectivity index (χ2n) is 2.44. The second kappa shape index (κ2) is 3.58. The van der Waals surface area contributed by atoms with Crippen molar-refractivity contribution in [2.45, 2.75) is 25.8 Å². The van der Waals surface area contributed by atoms with Gasteiger partial charge in [-0.05, 0) is 12.0 Å². The van der Waals surface area contributed by atoms with Gasteiger partial charge in [-0.2, -0.15) is 0 Å². The smallest absolute Gasteiger partial charge is 0.0912 e. The first kappa shape index (κ1) is 7.57. The third kappa shape index (κ3) is 1.49. The highest BCUT2D eigenvalue weighted by Gasteiger charge is 2.13. The summed E-state index contributed by atoms with van der Waals surface area (Å²) < 4.78 is 5.08. The van der Waals surface area contributed by atoms with E-state index in [0.717, 1.165) is 19.4 Å². The molecule has 3 heteroatoms. The van der Waals surface area contributed by atoms with Crippen LogP contribution in [0.1, 0.15) is 19.8 Å². The maximum atomic E-state index is 5.32. The maximum absolute atomic E-state index is 5.32. The van der Waals surface area contributed by atoms with Crippen molar-refractivity contribution in [1.29, 1.82) is 0 Å². The van der Waals surface area contributed by atoms with Crippen LogP contribution in [0.25, 0.3) is 0 Å². The van der Waals surface area contributed by atoms with E-state index in [4.69, 9.17) is 10.6 Å². The zero-order valence-corrected chi connectivity index (χ0v) is 6.26. The fourth-order valence-corrected chi connectivity index (χ4v) is 1.15. The standard InChI is InChI=1S/C7H14N2O/c1-2-7(9-8)6-3-4-10-5-6/h5,7,9H,2-4,8H2,1H3. The normalized spacial score (nSPS) is 20.0. The highest BCUT2D eigenvalue weighted by molar-refractivity contribution is 5.10. The monoisotopic (exact) mass is 142 g/mol. The number of nitrogens with two attached hydrogens (primary N) is 1. The fourth-order valence-electron chi connectivity index (χ4n) is 1.15. The molecule has 0 aromatic rings. The van der Waals surface area contributed by atoms with Gasteiger partial charge >= 0.3 is 0 Å². The summed E-state index contributed by atoms with van der Waals surface area (Å²) in [5.74, 6) is 5.32. The minimum absolute atomic E-state index is 0.308. The van der Waals surface area contributed by atoms with Crippen molar-refractivity contribution in [3.05, 3.63) is 11.8 Å². The van der Waals surface area contributed by atoms with Crippen molar-refractivity contribution in [2.24, 2.45) is 5.84 Å². The summed E-state index contributed by atoms with van der Waals surface area (Å²) in [7, 11) is 0. The van der Waals surface area contributed by atoms with Gasteiger partial charge in [-0.1, -0.05) is 6.92 Å². The molecule has 1 unspecified atom stereocenters. The summed E-state index contributed by atoms with van der Waals surface area (Å²) in [6, 6.07) is 0.308. The SMILES string of the molecule is CCC(NN)C1=COCC1. The predicted molar refractivity (Wildman–Crippen MR) is 40.1 cm³/mol. The Balaban J connectivity index is 2.44. The molecule has 0 aromatic carbocycles. The lowest BCUT2D eigenvalue weighted by molar-refractivity contribution is 0.281. The lowest BCUT2D eigenvalue weighted by Crippen LogP contribution is -2.35. The summed E-state index contributed by atoms with van der Waals surface area (Å²) in [6.07, 6.45) is 3.85. The summed E-state index contributed by atoms with van der Waals surface area (Å²) in [5.41, 5.74) is 4.03. The Morgan fingerprint density at radius 1 is 1.90 bits per heavy atom. The Bertz CT molecular complexity index is 130. The van der Waals surface area contributed by atoms with Crippen molar-refractivity contribution in [2.75, 3.05) is 6.61 Å². The van der Waals surface area contributed by atoms with Gasteiger partial charge in [0.15, 0.2) is 0 Å². The van der Waals surface area contributed by atoms with Gasteiger partial charge in [0, 0.05) is 12.5 Å². The molecule has 0 radical (unpaired) electrons. The molecule has 0 aliphatic carbocycles. The first-order valence-electron chi connectivity index (χ1n) is 3.65. The molecule has 0 aromatic heterocycles. The van der Waals surface area contributed by atoms with Crippen LogP contribution < -0.4 is 11.3 Å². The predicted octanol–water partition coefficient (Wildman–Crippen LogP) is 0.533. The minimum atomic E-state index is 0.308. The molecule has 10 heavy (non-hydrogen) atoms. The summed E-state index contributed by atoms with van der Waals surface area (Å²) in [6.45, 7) is 2.91. The van der Waals surface area contributed by atoms with Crippen LogP contribution in [0.2, 0.25) is 0 Å². The van der Waals surface area contributed by atoms with Gasteiger partial charge < -0.3 is 4.74 Å². The average Bonchev–Trinajstić information content (AvgIpc) is 2.43. The van der Waals surface area contributed by atoms with Gasteiger partial charge in [0.05, 0.1) is 12.9 Å². The van der Waals surface area contributed by atoms with E-state index in [9.17, 15) is 0 Å². The van der Waals surface area contributed by atoms with Crippen molar-refractivity contribution in [1.82, 2.24) is 5.43 Å². The van der Waals surface area contributed by atoms with E-state index in [1.165, 1.54) is 5.57 Å². The van der Waals surface area contributed by atoms with Gasteiger partial charge in [0.2, 0.25) is 0 Å². The van der Waals surface area contributed by atoms with Crippen LogP contribution in [0.15, 0.2) is 11.8 Å². The van der Waals surface area contributed by atoms with Crippen LogP contribution in [0.5, 0.6) is 0 Å². The van der Waals surface area contributed by atoms with Crippen LogP contribution in [0.3, 0.4) is 0 Å². The van der Waals surface area contributed by atoms with E-state index in [1.54, 1.807) is 0 Å². The maximum Gasteiger partial charge on any atom is 0.0912 e. The second-order valence-corrected chi connectivity index (χ2v) is 2.44. The molecular weight excluding hydrogens is 128 g/mol. The number of hydrogen-bond acceptors (Lipinski definition) is 3. The number of hydrazine groups is 1. The topological polar surface area (TPSA) is 47.3 Å². The summed E-state index contributed by atoms with van der Waals surface area (Å²) in [4.78, 5) is 0. The fraction of sp³-hybridized carbons (Fsp3) is 0.714. The molecule has 58 valence electrons. The molecule has 1 aliphatic rings. The molecule has 0 spiro atoms. The average molecular weight is 142 g/mol. The zero-order valence-electron chi connectivity index (χ0n) is 6.26. The molecule has 0 saturated carbocycles. The lowest BCUT2D eigenvalue weighted by atomic mass is 10.1. The van der Waals surface area contributed by atoms with Gasteiger partial charge in [0.1, 0.15) is 0 Å². The van der Waals surface area contributed by atoms with Crippen LogP contribution in [0.4, 0.5) is 0 Å². The highest BCUT2D eigenvalue weighted by atomic mass is 16.5. The van der Waals surface area contributed by atoms with E-state index in [1.807, 2.05) is 6.26 Å². The minimum Gasteiger partial charge on any atom is -0.501 e. The first-order chi connectivity index (χ1) is 4.88. The molecule has 1 heterocycles. The van der Waals surface area contributed by atoms with Crippen LogP contribution in [0, 0.1) is 0 Å². The van der Waals surface area contributed by atoms with Crippen molar-refractivity contribution >= 4 is 0 Å². The third-order valence-electron chi connectivity index (χ3n) is 1.80. The molecule has 1 aliphatic heterocycles. The molecule has 1 rings (SSSR count). The van der Waals surface area contributed by atoms with Crippen LogP contribution in [-0.2, 0) is 4.74 Å². The van der Waals surface area contributed by atoms with E-state index >= 15 is 0 Å². The molecule has 0 saturated heterocycles. The Kier molecular flexibility index (Phi) is 2.71. The molecular formula is C7H14N2O. The Morgan fingerprint density at radius 3 is 3.10 bits per heavy atom. The van der Waals surface area contributed by atoms with E-state index in [2.05, 4.69) is 12.3 Å². The highest BCUT2D eigenvalue weighted by Crippen LogP contribution is 2.15.